The number of hydrogen-bond acceptors (Lipinski definition) is 1. The average molecular weight is 288 g/mol. The van der Waals surface area contributed by atoms with E-state index < -0.39 is 0 Å². The van der Waals surface area contributed by atoms with Crippen molar-refractivity contribution in [3.8, 4) is 0 Å². The first kappa shape index (κ1) is 13.7. The third-order valence-electron chi connectivity index (χ3n) is 2.69. The Balaban J connectivity index is 2.39. The summed E-state index contributed by atoms with van der Waals surface area (Å²) in [5.41, 5.74) is 6.69. The monoisotopic (exact) mass is 287 g/mol. The van der Waals surface area contributed by atoms with Crippen LogP contribution < -0.4 is 5.73 Å². The molecule has 0 saturated heterocycles. The molecule has 0 amide bonds. The van der Waals surface area contributed by atoms with Gasteiger partial charge in [0, 0.05) is 10.5 Å². The Morgan fingerprint density at radius 3 is 2.81 bits per heavy atom. The van der Waals surface area contributed by atoms with Crippen LogP contribution in [-0.2, 0) is 6.42 Å². The molecule has 0 aliphatic rings. The average Bonchev–Trinajstić information content (AvgIpc) is 2.23. The largest absolute Gasteiger partial charge is 0.328 e. The van der Waals surface area contributed by atoms with Crippen LogP contribution in [0.4, 0.5) is 4.39 Å². The Hall–Kier alpha value is -0.410. The maximum absolute atomic E-state index is 13.4. The minimum Gasteiger partial charge on any atom is -0.328 e. The quantitative estimate of drug-likeness (QED) is 0.840. The predicted octanol–water partition coefficient (Wildman–Crippen LogP) is 4.04. The molecule has 0 aliphatic carbocycles. The zero-order valence-corrected chi connectivity index (χ0v) is 11.3. The van der Waals surface area contributed by atoms with E-state index in [-0.39, 0.29) is 11.9 Å². The summed E-state index contributed by atoms with van der Waals surface area (Å²) in [7, 11) is 0. The summed E-state index contributed by atoms with van der Waals surface area (Å²) in [5.74, 6) is -0.118. The van der Waals surface area contributed by atoms with Gasteiger partial charge in [-0.25, -0.2) is 4.39 Å². The van der Waals surface area contributed by atoms with Gasteiger partial charge in [-0.2, -0.15) is 0 Å². The van der Waals surface area contributed by atoms with Gasteiger partial charge in [0.05, 0.1) is 0 Å². The van der Waals surface area contributed by atoms with Crippen LogP contribution in [0.15, 0.2) is 22.7 Å². The molecule has 3 heteroatoms. The summed E-state index contributed by atoms with van der Waals surface area (Å²) in [6, 6.07) is 5.34. The van der Waals surface area contributed by atoms with Crippen LogP contribution in [-0.4, -0.2) is 6.04 Å². The van der Waals surface area contributed by atoms with Gasteiger partial charge >= 0.3 is 0 Å². The maximum atomic E-state index is 13.4. The van der Waals surface area contributed by atoms with Crippen molar-refractivity contribution in [3.05, 3.63) is 34.1 Å². The van der Waals surface area contributed by atoms with Crippen LogP contribution in [0, 0.1) is 5.82 Å². The highest BCUT2D eigenvalue weighted by Crippen LogP contribution is 2.18. The first-order valence-electron chi connectivity index (χ1n) is 5.83. The number of nitrogens with two attached hydrogens (primary N) is 1. The fourth-order valence-corrected chi connectivity index (χ4v) is 2.21. The molecule has 0 aromatic heterocycles. The number of hydrogen-bond donors (Lipinski definition) is 1. The van der Waals surface area contributed by atoms with E-state index in [0.29, 0.717) is 0 Å². The lowest BCUT2D eigenvalue weighted by Gasteiger charge is -2.10. The van der Waals surface area contributed by atoms with Gasteiger partial charge in [0.25, 0.3) is 0 Å². The second-order valence-electron chi connectivity index (χ2n) is 4.18. The second-order valence-corrected chi connectivity index (χ2v) is 5.09. The molecule has 0 radical (unpaired) electrons. The molecule has 90 valence electrons. The third-order valence-corrected chi connectivity index (χ3v) is 3.18. The molecule has 0 fully saturated rings. The van der Waals surface area contributed by atoms with Crippen molar-refractivity contribution in [2.75, 3.05) is 0 Å². The molecule has 2 N–H and O–H groups in total. The van der Waals surface area contributed by atoms with E-state index >= 15 is 0 Å². The lowest BCUT2D eigenvalue weighted by Crippen LogP contribution is -2.19. The van der Waals surface area contributed by atoms with Gasteiger partial charge < -0.3 is 5.73 Å². The molecule has 1 unspecified atom stereocenters. The van der Waals surface area contributed by atoms with Crippen LogP contribution in [0.5, 0.6) is 0 Å². The van der Waals surface area contributed by atoms with Crippen molar-refractivity contribution in [2.45, 2.75) is 45.1 Å². The summed E-state index contributed by atoms with van der Waals surface area (Å²) in [6.45, 7) is 2.13. The van der Waals surface area contributed by atoms with Crippen molar-refractivity contribution in [3.63, 3.8) is 0 Å². The topological polar surface area (TPSA) is 26.0 Å². The first-order valence-corrected chi connectivity index (χ1v) is 6.62. The maximum Gasteiger partial charge on any atom is 0.126 e. The third kappa shape index (κ3) is 4.62. The Bertz CT molecular complexity index is 328. The predicted molar refractivity (Wildman–Crippen MR) is 69.9 cm³/mol. The molecule has 1 aromatic carbocycles. The SMILES string of the molecule is CCCC(N)CCCc1cc(Br)ccc1F. The second kappa shape index (κ2) is 7.02. The van der Waals surface area contributed by atoms with E-state index in [2.05, 4.69) is 22.9 Å². The molecule has 1 aromatic rings. The lowest BCUT2D eigenvalue weighted by atomic mass is 10.0. The van der Waals surface area contributed by atoms with E-state index in [4.69, 9.17) is 5.73 Å². The van der Waals surface area contributed by atoms with Crippen molar-refractivity contribution < 1.29 is 4.39 Å². The van der Waals surface area contributed by atoms with E-state index in [1.807, 2.05) is 6.07 Å². The normalized spacial score (nSPS) is 12.8. The van der Waals surface area contributed by atoms with Crippen LogP contribution in [0.3, 0.4) is 0 Å². The summed E-state index contributed by atoms with van der Waals surface area (Å²) in [4.78, 5) is 0. The molecule has 1 nitrogen and oxygen atoms in total. The Labute approximate surface area is 105 Å². The van der Waals surface area contributed by atoms with E-state index in [0.717, 1.165) is 42.1 Å². The van der Waals surface area contributed by atoms with Crippen molar-refractivity contribution in [2.24, 2.45) is 5.73 Å². The highest BCUT2D eigenvalue weighted by molar-refractivity contribution is 9.10. The van der Waals surface area contributed by atoms with E-state index in [1.54, 1.807) is 6.07 Å². The summed E-state index contributed by atoms with van der Waals surface area (Å²) >= 11 is 3.35. The number of rotatable bonds is 6. The summed E-state index contributed by atoms with van der Waals surface area (Å²) in [6.07, 6.45) is 4.87. The molecule has 0 heterocycles. The van der Waals surface area contributed by atoms with Crippen LogP contribution in [0.25, 0.3) is 0 Å². The smallest absolute Gasteiger partial charge is 0.126 e. The molecule has 16 heavy (non-hydrogen) atoms. The van der Waals surface area contributed by atoms with Gasteiger partial charge in [-0.3, -0.25) is 0 Å². The van der Waals surface area contributed by atoms with Gasteiger partial charge in [-0.1, -0.05) is 29.3 Å². The molecule has 0 aliphatic heterocycles. The standard InChI is InChI=1S/C13H19BrFN/c1-2-4-12(16)6-3-5-10-9-11(14)7-8-13(10)15/h7-9,12H,2-6,16H2,1H3. The Kier molecular flexibility index (Phi) is 5.99. The minimum atomic E-state index is -0.118. The fraction of sp³-hybridized carbons (Fsp3) is 0.538. The van der Waals surface area contributed by atoms with Gasteiger partial charge in [-0.15, -0.1) is 0 Å². The Morgan fingerprint density at radius 1 is 1.38 bits per heavy atom. The van der Waals surface area contributed by atoms with Crippen molar-refractivity contribution in [1.82, 2.24) is 0 Å². The summed E-state index contributed by atoms with van der Waals surface area (Å²) < 4.78 is 14.3. The summed E-state index contributed by atoms with van der Waals surface area (Å²) in [5, 5.41) is 0. The van der Waals surface area contributed by atoms with Crippen LogP contribution in [0.1, 0.15) is 38.2 Å². The van der Waals surface area contributed by atoms with Gasteiger partial charge in [-0.05, 0) is 49.4 Å². The molecule has 0 spiro atoms. The zero-order chi connectivity index (χ0) is 12.0. The van der Waals surface area contributed by atoms with Crippen molar-refractivity contribution in [1.29, 1.82) is 0 Å². The lowest BCUT2D eigenvalue weighted by molar-refractivity contribution is 0.531. The molecular weight excluding hydrogens is 269 g/mol. The Morgan fingerprint density at radius 2 is 2.12 bits per heavy atom. The molecule has 0 saturated carbocycles. The van der Waals surface area contributed by atoms with Gasteiger partial charge in [0.2, 0.25) is 0 Å². The van der Waals surface area contributed by atoms with Gasteiger partial charge in [0.1, 0.15) is 5.82 Å². The molecule has 1 atom stereocenters. The van der Waals surface area contributed by atoms with Crippen molar-refractivity contribution >= 4 is 15.9 Å². The number of aryl methyl sites for hydroxylation is 1. The molecular formula is C13H19BrFN. The van der Waals surface area contributed by atoms with E-state index in [9.17, 15) is 4.39 Å². The minimum absolute atomic E-state index is 0.118. The molecule has 0 bridgehead atoms. The molecule has 1 rings (SSSR count). The number of halogens is 2. The van der Waals surface area contributed by atoms with Crippen LogP contribution in [0.2, 0.25) is 0 Å². The highest BCUT2D eigenvalue weighted by Gasteiger charge is 2.05. The van der Waals surface area contributed by atoms with Gasteiger partial charge in [0.15, 0.2) is 0 Å². The zero-order valence-electron chi connectivity index (χ0n) is 9.68. The first-order chi connectivity index (χ1) is 7.63. The highest BCUT2D eigenvalue weighted by atomic mass is 79.9. The fourth-order valence-electron chi connectivity index (χ4n) is 1.80. The van der Waals surface area contributed by atoms with Crippen LogP contribution >= 0.6 is 15.9 Å². The van der Waals surface area contributed by atoms with E-state index in [1.165, 1.54) is 6.07 Å². The number of benzene rings is 1.